The number of esters is 1. The molecule has 38 heavy (non-hydrogen) atoms. The fourth-order valence-electron chi connectivity index (χ4n) is 5.95. The predicted octanol–water partition coefficient (Wildman–Crippen LogP) is 5.94. The summed E-state index contributed by atoms with van der Waals surface area (Å²) in [4.78, 5) is 43.6. The van der Waals surface area contributed by atoms with Gasteiger partial charge in [-0.2, -0.15) is 0 Å². The van der Waals surface area contributed by atoms with Crippen LogP contribution < -0.4 is 4.74 Å². The van der Waals surface area contributed by atoms with Crippen molar-refractivity contribution in [2.75, 3.05) is 14.2 Å². The van der Waals surface area contributed by atoms with Crippen molar-refractivity contribution in [3.63, 3.8) is 0 Å². The van der Waals surface area contributed by atoms with Gasteiger partial charge in [-0.15, -0.1) is 0 Å². The Kier molecular flexibility index (Phi) is 6.28. The molecule has 0 unspecified atom stereocenters. The number of benzene rings is 1. The first-order chi connectivity index (χ1) is 17.9. The van der Waals surface area contributed by atoms with Gasteiger partial charge >= 0.3 is 5.97 Å². The van der Waals surface area contributed by atoms with Gasteiger partial charge in [0.15, 0.2) is 11.6 Å². The van der Waals surface area contributed by atoms with Gasteiger partial charge in [-0.1, -0.05) is 33.8 Å². The van der Waals surface area contributed by atoms with Crippen LogP contribution in [0.1, 0.15) is 75.3 Å². The number of allylic oxidation sites excluding steroid dienone is 4. The van der Waals surface area contributed by atoms with Gasteiger partial charge in [-0.3, -0.25) is 9.59 Å². The molecule has 5 rings (SSSR count). The molecule has 2 aliphatic carbocycles. The van der Waals surface area contributed by atoms with E-state index >= 15 is 0 Å². The van der Waals surface area contributed by atoms with E-state index in [1.165, 1.54) is 7.11 Å². The Morgan fingerprint density at radius 2 is 1.45 bits per heavy atom. The zero-order valence-corrected chi connectivity index (χ0v) is 22.8. The Bertz CT molecular complexity index is 1380. The molecular weight excluding hydrogens is 482 g/mol. The summed E-state index contributed by atoms with van der Waals surface area (Å²) >= 11 is 0. The molecular formula is C31H33NO6. The summed E-state index contributed by atoms with van der Waals surface area (Å²) in [6.07, 6.45) is 3.54. The number of ether oxygens (including phenoxy) is 3. The fourth-order valence-corrected chi connectivity index (χ4v) is 5.95. The maximum atomic E-state index is 13.7. The van der Waals surface area contributed by atoms with Gasteiger partial charge in [0.1, 0.15) is 23.0 Å². The van der Waals surface area contributed by atoms with Gasteiger partial charge in [0.25, 0.3) is 0 Å². The van der Waals surface area contributed by atoms with Gasteiger partial charge in [0.2, 0.25) is 0 Å². The summed E-state index contributed by atoms with van der Waals surface area (Å²) in [5.74, 6) is 0.773. The van der Waals surface area contributed by atoms with Crippen LogP contribution in [0.3, 0.4) is 0 Å². The van der Waals surface area contributed by atoms with Crippen LogP contribution in [0.2, 0.25) is 0 Å². The fraction of sp³-hybridized carbons (Fsp3) is 0.419. The number of pyridine rings is 1. The maximum absolute atomic E-state index is 13.7. The van der Waals surface area contributed by atoms with Crippen LogP contribution in [0.25, 0.3) is 11.1 Å². The number of methoxy groups -OCH3 is 2. The second kappa shape index (κ2) is 9.22. The van der Waals surface area contributed by atoms with Gasteiger partial charge < -0.3 is 14.2 Å². The van der Waals surface area contributed by atoms with Crippen LogP contribution in [0.4, 0.5) is 0 Å². The number of aromatic nitrogens is 1. The van der Waals surface area contributed by atoms with Gasteiger partial charge in [-0.25, -0.2) is 9.78 Å². The Morgan fingerprint density at radius 3 is 2.00 bits per heavy atom. The van der Waals surface area contributed by atoms with Crippen LogP contribution in [0.15, 0.2) is 59.2 Å². The first kappa shape index (κ1) is 25.9. The second-order valence-corrected chi connectivity index (χ2v) is 12.0. The molecule has 0 saturated carbocycles. The molecule has 1 aliphatic heterocycles. The van der Waals surface area contributed by atoms with Crippen molar-refractivity contribution in [1.29, 1.82) is 0 Å². The summed E-state index contributed by atoms with van der Waals surface area (Å²) in [5, 5.41) is 0. The zero-order chi connectivity index (χ0) is 27.4. The molecule has 0 fully saturated rings. The lowest BCUT2D eigenvalue weighted by molar-refractivity contribution is -0.120. The molecule has 198 valence electrons. The first-order valence-corrected chi connectivity index (χ1v) is 12.9. The topological polar surface area (TPSA) is 91.8 Å². The number of ketones is 2. The van der Waals surface area contributed by atoms with E-state index in [1.54, 1.807) is 25.4 Å². The minimum absolute atomic E-state index is 0.00483. The monoisotopic (exact) mass is 515 g/mol. The van der Waals surface area contributed by atoms with Crippen molar-refractivity contribution in [3.05, 3.63) is 70.5 Å². The van der Waals surface area contributed by atoms with Crippen LogP contribution in [-0.2, 0) is 19.1 Å². The van der Waals surface area contributed by atoms with E-state index in [0.717, 1.165) is 16.7 Å². The average Bonchev–Trinajstić information content (AvgIpc) is 2.85. The Balaban J connectivity index is 1.72. The molecule has 1 aromatic heterocycles. The van der Waals surface area contributed by atoms with Crippen molar-refractivity contribution < 1.29 is 28.6 Å². The molecule has 2 heterocycles. The van der Waals surface area contributed by atoms with E-state index in [0.29, 0.717) is 54.1 Å². The van der Waals surface area contributed by atoms with Crippen LogP contribution in [0.5, 0.6) is 5.75 Å². The van der Waals surface area contributed by atoms with Gasteiger partial charge in [-0.05, 0) is 46.2 Å². The Morgan fingerprint density at radius 1 is 0.868 bits per heavy atom. The van der Waals surface area contributed by atoms with E-state index in [4.69, 9.17) is 14.2 Å². The molecule has 7 nitrogen and oxygen atoms in total. The highest BCUT2D eigenvalue weighted by molar-refractivity contribution is 6.06. The first-order valence-electron chi connectivity index (χ1n) is 12.9. The standard InChI is InChI=1S/C31H33NO6/c1-30(2)13-21(33)27-24(15-30)38-25-16-31(3,4)14-22(34)28(25)26(27)19-11-17(7-8-23(19)36-5)18-9-10-32-20(12-18)29(35)37-6/h7-12,26H,13-16H2,1-6H3. The highest BCUT2D eigenvalue weighted by Crippen LogP contribution is 2.54. The highest BCUT2D eigenvalue weighted by atomic mass is 16.5. The third-order valence-electron chi connectivity index (χ3n) is 7.61. The molecule has 0 bridgehead atoms. The lowest BCUT2D eigenvalue weighted by Crippen LogP contribution is -2.37. The van der Waals surface area contributed by atoms with Crippen molar-refractivity contribution >= 4 is 17.5 Å². The number of hydrogen-bond acceptors (Lipinski definition) is 7. The van der Waals surface area contributed by atoms with Crippen LogP contribution in [0, 0.1) is 10.8 Å². The summed E-state index contributed by atoms with van der Waals surface area (Å²) in [6, 6.07) is 9.15. The molecule has 7 heteroatoms. The van der Waals surface area contributed by atoms with Gasteiger partial charge in [0, 0.05) is 48.6 Å². The molecule has 2 aromatic rings. The number of nitrogens with zero attached hydrogens (tertiary/aromatic N) is 1. The van der Waals surface area contributed by atoms with Crippen molar-refractivity contribution in [3.8, 4) is 16.9 Å². The maximum Gasteiger partial charge on any atom is 0.356 e. The van der Waals surface area contributed by atoms with E-state index in [-0.39, 0.29) is 28.1 Å². The van der Waals surface area contributed by atoms with Crippen LogP contribution in [-0.4, -0.2) is 36.7 Å². The molecule has 0 amide bonds. The van der Waals surface area contributed by atoms with Crippen LogP contribution >= 0.6 is 0 Å². The van der Waals surface area contributed by atoms with E-state index < -0.39 is 11.9 Å². The lowest BCUT2D eigenvalue weighted by Gasteiger charge is -2.43. The summed E-state index contributed by atoms with van der Waals surface area (Å²) < 4.78 is 17.0. The third kappa shape index (κ3) is 4.55. The van der Waals surface area contributed by atoms with E-state index in [1.807, 2.05) is 18.2 Å². The number of hydrogen-bond donors (Lipinski definition) is 0. The summed E-state index contributed by atoms with van der Waals surface area (Å²) in [6.45, 7) is 8.26. The molecule has 3 aliphatic rings. The normalized spacial score (nSPS) is 20.5. The highest BCUT2D eigenvalue weighted by Gasteiger charge is 2.48. The minimum atomic E-state index is -0.585. The molecule has 0 spiro atoms. The van der Waals surface area contributed by atoms with Crippen molar-refractivity contribution in [2.45, 2.75) is 59.3 Å². The van der Waals surface area contributed by atoms with E-state index in [2.05, 4.69) is 32.7 Å². The number of rotatable bonds is 4. The quantitative estimate of drug-likeness (QED) is 0.465. The van der Waals surface area contributed by atoms with Crippen molar-refractivity contribution in [2.24, 2.45) is 10.8 Å². The predicted molar refractivity (Wildman–Crippen MR) is 141 cm³/mol. The summed E-state index contributed by atoms with van der Waals surface area (Å²) in [5.41, 5.74) is 3.11. The molecule has 0 radical (unpaired) electrons. The van der Waals surface area contributed by atoms with Gasteiger partial charge in [0.05, 0.1) is 20.1 Å². The Labute approximate surface area is 222 Å². The molecule has 0 N–H and O–H groups in total. The lowest BCUT2D eigenvalue weighted by atomic mass is 9.65. The smallest absolute Gasteiger partial charge is 0.356 e. The number of Topliss-reactive ketones (excluding diaryl/α,β-unsaturated/α-hetero) is 2. The number of carbonyl (C=O) groups excluding carboxylic acids is 3. The minimum Gasteiger partial charge on any atom is -0.496 e. The third-order valence-corrected chi connectivity index (χ3v) is 7.61. The molecule has 0 saturated heterocycles. The van der Waals surface area contributed by atoms with E-state index in [9.17, 15) is 14.4 Å². The molecule has 1 aromatic carbocycles. The van der Waals surface area contributed by atoms with Crippen molar-refractivity contribution in [1.82, 2.24) is 4.98 Å². The largest absolute Gasteiger partial charge is 0.496 e. The Hall–Kier alpha value is -3.74. The average molecular weight is 516 g/mol. The summed E-state index contributed by atoms with van der Waals surface area (Å²) in [7, 11) is 2.90. The SMILES string of the molecule is COC(=O)c1cc(-c2ccc(OC)c(C3C4=C(CC(C)(C)CC4=O)OC4=C3C(=O)CC(C)(C)C4)c2)ccn1. The second-order valence-electron chi connectivity index (χ2n) is 12.0. The number of carbonyl (C=O) groups is 3. The zero-order valence-electron chi connectivity index (χ0n) is 22.8. The molecule has 0 atom stereocenters.